The van der Waals surface area contributed by atoms with Crippen molar-refractivity contribution in [1.29, 1.82) is 0 Å². The lowest BCUT2D eigenvalue weighted by atomic mass is 10.1. The molecule has 0 heterocycles. The first-order valence-electron chi connectivity index (χ1n) is 2.92. The van der Waals surface area contributed by atoms with E-state index in [0.717, 1.165) is 18.4 Å². The molecule has 1 rings (SSSR count). The lowest BCUT2D eigenvalue weighted by molar-refractivity contribution is -0.119. The fourth-order valence-electron chi connectivity index (χ4n) is 0.944. The van der Waals surface area contributed by atoms with Crippen LogP contribution in [0.3, 0.4) is 0 Å². The Balaban J connectivity index is 2.70. The second-order valence-electron chi connectivity index (χ2n) is 2.35. The molecule has 0 saturated heterocycles. The highest BCUT2D eigenvalue weighted by Crippen LogP contribution is 2.24. The average molecular weight is 110 g/mol. The number of ketones is 1. The van der Waals surface area contributed by atoms with E-state index in [-0.39, 0.29) is 5.92 Å². The minimum absolute atomic E-state index is 0.148. The van der Waals surface area contributed by atoms with Crippen molar-refractivity contribution in [2.24, 2.45) is 5.92 Å². The van der Waals surface area contributed by atoms with Gasteiger partial charge in [0.25, 0.3) is 0 Å². The van der Waals surface area contributed by atoms with Crippen LogP contribution in [0.4, 0.5) is 0 Å². The molecule has 0 bridgehead atoms. The zero-order chi connectivity index (χ0) is 6.15. The van der Waals surface area contributed by atoms with Gasteiger partial charge >= 0.3 is 0 Å². The van der Waals surface area contributed by atoms with E-state index >= 15 is 0 Å². The number of rotatable bonds is 0. The highest BCUT2D eigenvalue weighted by atomic mass is 16.1. The molecule has 0 N–H and O–H groups in total. The van der Waals surface area contributed by atoms with Gasteiger partial charge in [-0.05, 0) is 6.42 Å². The van der Waals surface area contributed by atoms with Crippen molar-refractivity contribution in [3.05, 3.63) is 12.2 Å². The summed E-state index contributed by atoms with van der Waals surface area (Å²) in [6, 6.07) is 0. The number of hydrogen-bond donors (Lipinski definition) is 0. The zero-order valence-electron chi connectivity index (χ0n) is 5.11. The normalized spacial score (nSPS) is 29.4. The van der Waals surface area contributed by atoms with E-state index in [1.165, 1.54) is 0 Å². The van der Waals surface area contributed by atoms with Crippen LogP contribution < -0.4 is 0 Å². The van der Waals surface area contributed by atoms with Crippen LogP contribution in [0.15, 0.2) is 12.2 Å². The quantitative estimate of drug-likeness (QED) is 0.432. The van der Waals surface area contributed by atoms with Crippen molar-refractivity contribution in [3.8, 4) is 0 Å². The molecule has 1 heteroatoms. The average Bonchev–Trinajstić information content (AvgIpc) is 1.98. The van der Waals surface area contributed by atoms with Gasteiger partial charge < -0.3 is 0 Å². The summed E-state index contributed by atoms with van der Waals surface area (Å²) in [6.07, 6.45) is 1.64. The van der Waals surface area contributed by atoms with Gasteiger partial charge in [0.1, 0.15) is 5.78 Å². The molecule has 0 aromatic carbocycles. The number of carbonyl (C=O) groups excluding carboxylic acids is 1. The molecular formula is C7H10O. The van der Waals surface area contributed by atoms with Crippen molar-refractivity contribution in [1.82, 2.24) is 0 Å². The van der Waals surface area contributed by atoms with E-state index in [4.69, 9.17) is 0 Å². The van der Waals surface area contributed by atoms with Crippen LogP contribution in [0.1, 0.15) is 19.8 Å². The van der Waals surface area contributed by atoms with E-state index in [1.807, 2.05) is 6.92 Å². The molecule has 0 radical (unpaired) electrons. The van der Waals surface area contributed by atoms with Gasteiger partial charge in [0, 0.05) is 12.3 Å². The molecule has 1 nitrogen and oxygen atoms in total. The third-order valence-electron chi connectivity index (χ3n) is 1.79. The van der Waals surface area contributed by atoms with Gasteiger partial charge in [-0.2, -0.15) is 0 Å². The predicted molar refractivity (Wildman–Crippen MR) is 32.5 cm³/mol. The van der Waals surface area contributed by atoms with Gasteiger partial charge in [-0.25, -0.2) is 0 Å². The molecule has 44 valence electrons. The molecule has 0 spiro atoms. The fraction of sp³-hybridized carbons (Fsp3) is 0.571. The van der Waals surface area contributed by atoms with Crippen molar-refractivity contribution >= 4 is 5.78 Å². The molecule has 0 aromatic rings. The maximum Gasteiger partial charge on any atom is 0.140 e. The largest absolute Gasteiger partial charge is 0.299 e. The first kappa shape index (κ1) is 5.54. The van der Waals surface area contributed by atoms with Crippen molar-refractivity contribution in [2.45, 2.75) is 19.8 Å². The third kappa shape index (κ3) is 0.683. The minimum atomic E-state index is 0.148. The summed E-state index contributed by atoms with van der Waals surface area (Å²) in [5, 5.41) is 0. The Bertz CT molecular complexity index is 119. The molecule has 0 aliphatic heterocycles. The molecule has 0 aromatic heterocycles. The second-order valence-corrected chi connectivity index (χ2v) is 2.35. The van der Waals surface area contributed by atoms with Crippen LogP contribution in [-0.2, 0) is 4.79 Å². The Hall–Kier alpha value is -0.590. The van der Waals surface area contributed by atoms with E-state index < -0.39 is 0 Å². The standard InChI is InChI=1S/C7H10O/c1-5-3-4-7(8)6(5)2/h6H,1,3-4H2,2H3. The lowest BCUT2D eigenvalue weighted by Gasteiger charge is -1.96. The maximum atomic E-state index is 10.7. The van der Waals surface area contributed by atoms with E-state index in [1.54, 1.807) is 0 Å². The maximum absolute atomic E-state index is 10.7. The van der Waals surface area contributed by atoms with Gasteiger partial charge in [0.15, 0.2) is 0 Å². The topological polar surface area (TPSA) is 17.1 Å². The van der Waals surface area contributed by atoms with Crippen LogP contribution >= 0.6 is 0 Å². The second kappa shape index (κ2) is 1.73. The molecule has 1 fully saturated rings. The summed E-state index contributed by atoms with van der Waals surface area (Å²) in [5.41, 5.74) is 1.11. The highest BCUT2D eigenvalue weighted by Gasteiger charge is 2.22. The fourth-order valence-corrected chi connectivity index (χ4v) is 0.944. The van der Waals surface area contributed by atoms with Crippen LogP contribution in [0, 0.1) is 5.92 Å². The van der Waals surface area contributed by atoms with Crippen LogP contribution in [0.25, 0.3) is 0 Å². The van der Waals surface area contributed by atoms with E-state index in [9.17, 15) is 4.79 Å². The van der Waals surface area contributed by atoms with Crippen LogP contribution in [0.5, 0.6) is 0 Å². The van der Waals surface area contributed by atoms with Crippen LogP contribution in [-0.4, -0.2) is 5.78 Å². The van der Waals surface area contributed by atoms with Crippen LogP contribution in [0.2, 0.25) is 0 Å². The smallest absolute Gasteiger partial charge is 0.140 e. The highest BCUT2D eigenvalue weighted by molar-refractivity contribution is 5.86. The summed E-state index contributed by atoms with van der Waals surface area (Å²) >= 11 is 0. The van der Waals surface area contributed by atoms with Gasteiger partial charge in [-0.3, -0.25) is 4.79 Å². The van der Waals surface area contributed by atoms with Gasteiger partial charge in [0.05, 0.1) is 0 Å². The van der Waals surface area contributed by atoms with E-state index in [0.29, 0.717) is 5.78 Å². The summed E-state index contributed by atoms with van der Waals surface area (Å²) in [5.74, 6) is 0.505. The van der Waals surface area contributed by atoms with Crippen molar-refractivity contribution < 1.29 is 4.79 Å². The van der Waals surface area contributed by atoms with Gasteiger partial charge in [-0.1, -0.05) is 19.1 Å². The Labute approximate surface area is 49.4 Å². The Morgan fingerprint density at radius 2 is 2.25 bits per heavy atom. The SMILES string of the molecule is C=C1CCC(=O)C1C. The number of allylic oxidation sites excluding steroid dienone is 1. The summed E-state index contributed by atoms with van der Waals surface area (Å²) in [4.78, 5) is 10.7. The minimum Gasteiger partial charge on any atom is -0.299 e. The Morgan fingerprint density at radius 1 is 1.62 bits per heavy atom. The molecule has 1 unspecified atom stereocenters. The van der Waals surface area contributed by atoms with Crippen molar-refractivity contribution in [2.75, 3.05) is 0 Å². The monoisotopic (exact) mass is 110 g/mol. The summed E-state index contributed by atoms with van der Waals surface area (Å²) < 4.78 is 0. The Kier molecular flexibility index (Phi) is 1.20. The molecule has 1 saturated carbocycles. The summed E-state index contributed by atoms with van der Waals surface area (Å²) in [7, 11) is 0. The third-order valence-corrected chi connectivity index (χ3v) is 1.79. The van der Waals surface area contributed by atoms with Gasteiger partial charge in [0.2, 0.25) is 0 Å². The van der Waals surface area contributed by atoms with Gasteiger partial charge in [-0.15, -0.1) is 0 Å². The Morgan fingerprint density at radius 3 is 2.38 bits per heavy atom. The number of carbonyl (C=O) groups is 1. The molecule has 8 heavy (non-hydrogen) atoms. The number of hydrogen-bond acceptors (Lipinski definition) is 1. The predicted octanol–water partition coefficient (Wildman–Crippen LogP) is 1.54. The molecule has 1 atom stereocenters. The van der Waals surface area contributed by atoms with E-state index in [2.05, 4.69) is 6.58 Å². The van der Waals surface area contributed by atoms with Crippen molar-refractivity contribution in [3.63, 3.8) is 0 Å². The molecule has 1 aliphatic carbocycles. The first-order valence-corrected chi connectivity index (χ1v) is 2.92. The molecule has 0 amide bonds. The number of Topliss-reactive ketones (excluding diaryl/α,β-unsaturated/α-hetero) is 1. The molecular weight excluding hydrogens is 100 g/mol. The summed E-state index contributed by atoms with van der Waals surface area (Å²) in [6.45, 7) is 5.69. The lowest BCUT2D eigenvalue weighted by Crippen LogP contribution is -2.00. The zero-order valence-corrected chi connectivity index (χ0v) is 5.11. The first-order chi connectivity index (χ1) is 3.72. The molecule has 1 aliphatic rings.